The van der Waals surface area contributed by atoms with Crippen molar-refractivity contribution in [2.75, 3.05) is 0 Å². The van der Waals surface area contributed by atoms with Gasteiger partial charge < -0.3 is 34.6 Å². The molecule has 2 aliphatic rings. The fourth-order valence-electron chi connectivity index (χ4n) is 4.28. The van der Waals surface area contributed by atoms with Crippen LogP contribution < -0.4 is 34.4 Å². The monoisotopic (exact) mass is 492 g/mol. The van der Waals surface area contributed by atoms with Gasteiger partial charge in [0.05, 0.1) is 0 Å². The van der Waals surface area contributed by atoms with Crippen molar-refractivity contribution in [3.63, 3.8) is 0 Å². The third-order valence-electron chi connectivity index (χ3n) is 6.07. The standard InChI is InChI=1S/C24H25N2O3P.2ClH/c27-30(28,29)24(11-5-2-6-12-24)20-26-17-9-22(10-18-26)23(13-15-25-16-14-23)19-21-7-3-1-4-8-21;;/h1-11,13,15-18H,12,14,19-20H2,(H-,27,28,29);2*1H. The van der Waals surface area contributed by atoms with E-state index in [0.717, 1.165) is 12.8 Å². The molecule has 1 aromatic carbocycles. The molecule has 1 aliphatic heterocycles. The van der Waals surface area contributed by atoms with E-state index in [1.807, 2.05) is 41.4 Å². The molecule has 0 amide bonds. The molecule has 2 atom stereocenters. The number of halogens is 2. The second-order valence-corrected chi connectivity index (χ2v) is 10.1. The van der Waals surface area contributed by atoms with Crippen molar-refractivity contribution in [2.24, 2.45) is 0 Å². The minimum Gasteiger partial charge on any atom is -1.00 e. The van der Waals surface area contributed by atoms with Crippen LogP contribution in [0.2, 0.25) is 0 Å². The van der Waals surface area contributed by atoms with Crippen molar-refractivity contribution in [2.45, 2.75) is 36.4 Å². The molecule has 170 valence electrons. The van der Waals surface area contributed by atoms with Gasteiger partial charge in [-0.2, -0.15) is 0 Å². The number of aromatic nitrogens is 1. The van der Waals surface area contributed by atoms with Gasteiger partial charge >= 0.3 is 7.60 Å². The molecule has 2 unspecified atom stereocenters. The maximum atomic E-state index is 12.3. The Morgan fingerprint density at radius 3 is 2.25 bits per heavy atom. The molecule has 3 N–H and O–H groups in total. The van der Waals surface area contributed by atoms with Crippen LogP contribution in [-0.4, -0.2) is 21.2 Å². The largest absolute Gasteiger partial charge is 1.00 e. The normalized spacial score (nSPS) is 23.9. The predicted octanol–water partition coefficient (Wildman–Crippen LogP) is -4.04. The van der Waals surface area contributed by atoms with E-state index in [1.165, 1.54) is 11.1 Å². The van der Waals surface area contributed by atoms with E-state index < -0.39 is 12.8 Å². The van der Waals surface area contributed by atoms with Crippen LogP contribution in [0.4, 0.5) is 0 Å². The van der Waals surface area contributed by atoms with E-state index in [9.17, 15) is 14.4 Å². The highest BCUT2D eigenvalue weighted by Gasteiger charge is 2.48. The molecule has 0 bridgehead atoms. The summed E-state index contributed by atoms with van der Waals surface area (Å²) in [6, 6.07) is 14.6. The Labute approximate surface area is 201 Å². The third kappa shape index (κ3) is 5.48. The Kier molecular flexibility index (Phi) is 8.81. The van der Waals surface area contributed by atoms with Crippen LogP contribution in [0.5, 0.6) is 0 Å². The SMILES string of the molecule is O=P(O)(O)C1(C[n+]2ccc(C3(Cc4ccccc4)C=C[NH+]=CC3)cc2)C=CC=CC1.[Cl-].[Cl-]. The quantitative estimate of drug-likeness (QED) is 0.284. The second kappa shape index (κ2) is 10.7. The van der Waals surface area contributed by atoms with Gasteiger partial charge in [-0.15, -0.1) is 0 Å². The Hall–Kier alpha value is -2.01. The molecule has 0 spiro atoms. The average molecular weight is 493 g/mol. The lowest BCUT2D eigenvalue weighted by Gasteiger charge is -2.30. The molecule has 2 heterocycles. The van der Waals surface area contributed by atoms with Crippen molar-refractivity contribution >= 4 is 13.8 Å². The molecule has 1 aromatic heterocycles. The highest BCUT2D eigenvalue weighted by Crippen LogP contribution is 2.54. The lowest BCUT2D eigenvalue weighted by Crippen LogP contribution is -3.00. The Morgan fingerprint density at radius 1 is 0.969 bits per heavy atom. The summed E-state index contributed by atoms with van der Waals surface area (Å²) in [4.78, 5) is 23.2. The zero-order valence-corrected chi connectivity index (χ0v) is 19.9. The van der Waals surface area contributed by atoms with Crippen molar-refractivity contribution in [3.8, 4) is 0 Å². The van der Waals surface area contributed by atoms with Crippen LogP contribution in [0.1, 0.15) is 24.0 Å². The van der Waals surface area contributed by atoms with E-state index in [0.29, 0.717) is 6.42 Å². The first-order chi connectivity index (χ1) is 14.4. The first-order valence-electron chi connectivity index (χ1n) is 10.1. The molecule has 0 saturated heterocycles. The van der Waals surface area contributed by atoms with Crippen molar-refractivity contribution in [3.05, 3.63) is 103 Å². The zero-order chi connectivity index (χ0) is 21.1. The molecule has 4 rings (SSSR count). The molecule has 32 heavy (non-hydrogen) atoms. The predicted molar refractivity (Wildman–Crippen MR) is 117 cm³/mol. The Morgan fingerprint density at radius 2 is 1.69 bits per heavy atom. The van der Waals surface area contributed by atoms with Gasteiger partial charge in [-0.3, -0.25) is 4.57 Å². The number of nitrogens with zero attached hydrogens (tertiary/aromatic N) is 1. The average Bonchev–Trinajstić information content (AvgIpc) is 2.75. The molecular weight excluding hydrogens is 466 g/mol. The van der Waals surface area contributed by atoms with Crippen LogP contribution in [0.15, 0.2) is 91.4 Å². The zero-order valence-electron chi connectivity index (χ0n) is 17.5. The first-order valence-corrected chi connectivity index (χ1v) is 11.7. The van der Waals surface area contributed by atoms with Crippen molar-refractivity contribution in [1.29, 1.82) is 0 Å². The lowest BCUT2D eigenvalue weighted by atomic mass is 9.73. The molecule has 0 radical (unpaired) electrons. The number of hydrogen-bond donors (Lipinski definition) is 3. The topological polar surface area (TPSA) is 75.4 Å². The van der Waals surface area contributed by atoms with Crippen LogP contribution in [0, 0.1) is 0 Å². The van der Waals surface area contributed by atoms with E-state index in [4.69, 9.17) is 0 Å². The van der Waals surface area contributed by atoms with E-state index in [2.05, 4.69) is 53.7 Å². The van der Waals surface area contributed by atoms with Crippen molar-refractivity contribution < 1.29 is 48.7 Å². The highest BCUT2D eigenvalue weighted by molar-refractivity contribution is 7.53. The maximum Gasteiger partial charge on any atom is 0.342 e. The fraction of sp³-hybridized carbons (Fsp3) is 0.250. The van der Waals surface area contributed by atoms with Gasteiger partial charge in [-0.25, -0.2) is 9.56 Å². The summed E-state index contributed by atoms with van der Waals surface area (Å²) in [7, 11) is -4.32. The number of allylic oxidation sites excluding steroid dienone is 5. The van der Waals surface area contributed by atoms with Gasteiger partial charge in [0.15, 0.2) is 30.3 Å². The van der Waals surface area contributed by atoms with Crippen LogP contribution in [0.3, 0.4) is 0 Å². The number of benzene rings is 1. The number of nitrogens with one attached hydrogen (secondary N) is 1. The van der Waals surface area contributed by atoms with Gasteiger partial charge in [-0.1, -0.05) is 54.6 Å². The van der Waals surface area contributed by atoms with Gasteiger partial charge in [-0.05, 0) is 30.0 Å². The Balaban J connectivity index is 0.00000181. The smallest absolute Gasteiger partial charge is 0.342 e. The van der Waals surface area contributed by atoms with Crippen LogP contribution in [0.25, 0.3) is 0 Å². The molecule has 8 heteroatoms. The number of rotatable bonds is 6. The third-order valence-corrected chi connectivity index (χ3v) is 7.71. The molecular formula is C24H27Cl2N2O3P. The lowest BCUT2D eigenvalue weighted by molar-refractivity contribution is -0.699. The molecule has 2 aromatic rings. The molecule has 1 aliphatic carbocycles. The van der Waals surface area contributed by atoms with Crippen LogP contribution >= 0.6 is 7.60 Å². The molecule has 5 nitrogen and oxygen atoms in total. The Bertz CT molecular complexity index is 1060. The van der Waals surface area contributed by atoms with Gasteiger partial charge in [0.2, 0.25) is 0 Å². The van der Waals surface area contributed by atoms with E-state index in [1.54, 1.807) is 12.2 Å². The van der Waals surface area contributed by atoms with Crippen LogP contribution in [-0.2, 0) is 22.9 Å². The summed E-state index contributed by atoms with van der Waals surface area (Å²) in [5.41, 5.74) is 2.30. The summed E-state index contributed by atoms with van der Waals surface area (Å²) in [6.45, 7) is 0.230. The first kappa shape index (κ1) is 26.2. The minimum atomic E-state index is -4.32. The summed E-state index contributed by atoms with van der Waals surface area (Å²) >= 11 is 0. The maximum absolute atomic E-state index is 12.3. The summed E-state index contributed by atoms with van der Waals surface area (Å²) in [6.07, 6.45) is 19.2. The highest BCUT2D eigenvalue weighted by atomic mass is 35.5. The minimum absolute atomic E-state index is 0. The molecule has 0 saturated carbocycles. The van der Waals surface area contributed by atoms with E-state index in [-0.39, 0.29) is 36.8 Å². The van der Waals surface area contributed by atoms with Gasteiger partial charge in [0.1, 0.15) is 6.21 Å². The molecule has 0 fully saturated rings. The summed E-state index contributed by atoms with van der Waals surface area (Å²) in [5, 5.41) is -1.20. The summed E-state index contributed by atoms with van der Waals surface area (Å²) < 4.78 is 14.1. The van der Waals surface area contributed by atoms with Gasteiger partial charge in [0.25, 0.3) is 0 Å². The van der Waals surface area contributed by atoms with Gasteiger partial charge in [0, 0.05) is 24.0 Å². The summed E-state index contributed by atoms with van der Waals surface area (Å²) in [5.74, 6) is 0. The number of pyridine rings is 1. The van der Waals surface area contributed by atoms with Crippen molar-refractivity contribution in [1.82, 2.24) is 0 Å². The number of hydrogen-bond acceptors (Lipinski definition) is 1. The fourth-order valence-corrected chi connectivity index (χ4v) is 5.25. The second-order valence-electron chi connectivity index (χ2n) is 8.12. The van der Waals surface area contributed by atoms with E-state index >= 15 is 0 Å².